The Hall–Kier alpha value is -1.38. The summed E-state index contributed by atoms with van der Waals surface area (Å²) in [5.74, 6) is 0.968. The summed E-state index contributed by atoms with van der Waals surface area (Å²) < 4.78 is 5.44. The van der Waals surface area contributed by atoms with E-state index in [1.807, 2.05) is 18.6 Å². The van der Waals surface area contributed by atoms with E-state index < -0.39 is 0 Å². The van der Waals surface area contributed by atoms with Crippen molar-refractivity contribution in [2.45, 2.75) is 52.4 Å². The Balaban J connectivity index is 1.99. The second-order valence-electron chi connectivity index (χ2n) is 6.32. The van der Waals surface area contributed by atoms with Crippen LogP contribution in [0.5, 0.6) is 0 Å². The van der Waals surface area contributed by atoms with Crippen LogP contribution < -0.4 is 0 Å². The van der Waals surface area contributed by atoms with Gasteiger partial charge in [0.1, 0.15) is 5.76 Å². The van der Waals surface area contributed by atoms with Crippen molar-refractivity contribution in [3.63, 3.8) is 0 Å². The topological polar surface area (TPSA) is 38.4 Å². The molecule has 0 aliphatic carbocycles. The van der Waals surface area contributed by atoms with Gasteiger partial charge in [0, 0.05) is 24.3 Å². The summed E-state index contributed by atoms with van der Waals surface area (Å²) in [7, 11) is 0. The van der Waals surface area contributed by atoms with E-state index in [0.717, 1.165) is 25.0 Å². The number of allylic oxidation sites excluding steroid dienone is 1. The van der Waals surface area contributed by atoms with E-state index in [1.165, 1.54) is 12.0 Å². The van der Waals surface area contributed by atoms with Crippen LogP contribution >= 0.6 is 0 Å². The summed E-state index contributed by atoms with van der Waals surface area (Å²) in [6.45, 7) is 9.01. The van der Waals surface area contributed by atoms with Gasteiger partial charge in [0.15, 0.2) is 6.39 Å². The maximum atomic E-state index is 5.44. The molecule has 0 radical (unpaired) electrons. The average molecular weight is 246 g/mol. The van der Waals surface area contributed by atoms with Crippen molar-refractivity contribution < 1.29 is 4.42 Å². The molecule has 0 spiro atoms. The average Bonchev–Trinajstić information content (AvgIpc) is 2.99. The Bertz CT molecular complexity index is 453. The molecule has 0 atom stereocenters. The fourth-order valence-electron chi connectivity index (χ4n) is 2.26. The first kappa shape index (κ1) is 13.1. The van der Waals surface area contributed by atoms with E-state index >= 15 is 0 Å². The minimum absolute atomic E-state index is 0.0355. The Kier molecular flexibility index (Phi) is 3.42. The van der Waals surface area contributed by atoms with Gasteiger partial charge >= 0.3 is 0 Å². The fourth-order valence-corrected chi connectivity index (χ4v) is 2.26. The second kappa shape index (κ2) is 4.71. The molecule has 2 heterocycles. The molecule has 1 aliphatic rings. The number of nitrogens with zero attached hydrogens (tertiary/aromatic N) is 2. The van der Waals surface area contributed by atoms with E-state index in [1.54, 1.807) is 0 Å². The lowest BCUT2D eigenvalue weighted by atomic mass is 9.74. The normalized spacial score (nSPS) is 16.1. The summed E-state index contributed by atoms with van der Waals surface area (Å²) in [4.78, 5) is 8.22. The summed E-state index contributed by atoms with van der Waals surface area (Å²) in [5.41, 5.74) is 1.66. The number of aromatic nitrogens is 1. The van der Waals surface area contributed by atoms with Crippen LogP contribution in [0.25, 0.3) is 0 Å². The van der Waals surface area contributed by atoms with Gasteiger partial charge in [-0.15, -0.1) is 0 Å². The first-order valence-corrected chi connectivity index (χ1v) is 6.52. The van der Waals surface area contributed by atoms with E-state index in [-0.39, 0.29) is 10.8 Å². The largest absolute Gasteiger partial charge is 0.448 e. The monoisotopic (exact) mass is 246 g/mol. The Morgan fingerprint density at radius 3 is 2.44 bits per heavy atom. The standard InChI is InChI=1S/C15H22N2O/c1-14(2,12-5-8-16-9-12)6-7-15(3,4)13-10-17-11-18-13/h8-11H,5-7H2,1-4H3. The third-order valence-electron chi connectivity index (χ3n) is 3.99. The van der Waals surface area contributed by atoms with Crippen LogP contribution in [-0.2, 0) is 5.41 Å². The lowest BCUT2D eigenvalue weighted by Crippen LogP contribution is -2.22. The quantitative estimate of drug-likeness (QED) is 0.784. The molecule has 98 valence electrons. The SMILES string of the molecule is CC(C)(CCC(C)(C)c1cnco1)C1=CN=CC1. The summed E-state index contributed by atoms with van der Waals surface area (Å²) in [5, 5.41) is 0. The zero-order chi connectivity index (χ0) is 13.2. The van der Waals surface area contributed by atoms with Crippen molar-refractivity contribution in [3.8, 4) is 0 Å². The lowest BCUT2D eigenvalue weighted by molar-refractivity contribution is 0.298. The Morgan fingerprint density at radius 1 is 1.17 bits per heavy atom. The molecule has 0 unspecified atom stereocenters. The van der Waals surface area contributed by atoms with Crippen molar-refractivity contribution in [1.29, 1.82) is 0 Å². The number of aliphatic imine (C=N–C) groups is 1. The molecular weight excluding hydrogens is 224 g/mol. The molecule has 1 aliphatic heterocycles. The van der Waals surface area contributed by atoms with Crippen LogP contribution in [0.4, 0.5) is 0 Å². The first-order chi connectivity index (χ1) is 8.42. The van der Waals surface area contributed by atoms with Crippen molar-refractivity contribution in [3.05, 3.63) is 30.1 Å². The maximum Gasteiger partial charge on any atom is 0.180 e. The van der Waals surface area contributed by atoms with Gasteiger partial charge < -0.3 is 4.42 Å². The zero-order valence-corrected chi connectivity index (χ0v) is 11.7. The maximum absolute atomic E-state index is 5.44. The molecule has 0 bridgehead atoms. The van der Waals surface area contributed by atoms with Crippen molar-refractivity contribution >= 4 is 6.21 Å². The highest BCUT2D eigenvalue weighted by Gasteiger charge is 2.30. The highest BCUT2D eigenvalue weighted by atomic mass is 16.3. The molecule has 0 amide bonds. The zero-order valence-electron chi connectivity index (χ0n) is 11.7. The van der Waals surface area contributed by atoms with Gasteiger partial charge in [-0.2, -0.15) is 0 Å². The van der Waals surface area contributed by atoms with Crippen LogP contribution in [0.2, 0.25) is 0 Å². The third-order valence-corrected chi connectivity index (χ3v) is 3.99. The van der Waals surface area contributed by atoms with E-state index in [2.05, 4.69) is 37.7 Å². The predicted molar refractivity (Wildman–Crippen MR) is 73.7 cm³/mol. The van der Waals surface area contributed by atoms with Crippen molar-refractivity contribution in [2.24, 2.45) is 10.4 Å². The summed E-state index contributed by atoms with van der Waals surface area (Å²) in [6, 6.07) is 0. The van der Waals surface area contributed by atoms with Crippen LogP contribution in [0.1, 0.15) is 52.7 Å². The highest BCUT2D eigenvalue weighted by Crippen LogP contribution is 2.39. The first-order valence-electron chi connectivity index (χ1n) is 6.52. The molecule has 3 nitrogen and oxygen atoms in total. The fraction of sp³-hybridized carbons (Fsp3) is 0.600. The van der Waals surface area contributed by atoms with E-state index in [0.29, 0.717) is 0 Å². The molecular formula is C15H22N2O. The van der Waals surface area contributed by atoms with Crippen molar-refractivity contribution in [2.75, 3.05) is 0 Å². The summed E-state index contributed by atoms with van der Waals surface area (Å²) in [6.07, 6.45) is 10.5. The van der Waals surface area contributed by atoms with Gasteiger partial charge in [-0.25, -0.2) is 4.98 Å². The lowest BCUT2D eigenvalue weighted by Gasteiger charge is -2.30. The minimum atomic E-state index is 0.0355. The minimum Gasteiger partial charge on any atom is -0.448 e. The van der Waals surface area contributed by atoms with Crippen LogP contribution in [0.15, 0.2) is 33.8 Å². The van der Waals surface area contributed by atoms with Crippen molar-refractivity contribution in [1.82, 2.24) is 4.98 Å². The van der Waals surface area contributed by atoms with Gasteiger partial charge in [0.05, 0.1) is 6.20 Å². The van der Waals surface area contributed by atoms with Gasteiger partial charge in [-0.1, -0.05) is 27.7 Å². The van der Waals surface area contributed by atoms with Crippen LogP contribution in [0, 0.1) is 5.41 Å². The van der Waals surface area contributed by atoms with Gasteiger partial charge in [-0.05, 0) is 23.8 Å². The predicted octanol–water partition coefficient (Wildman–Crippen LogP) is 4.12. The molecule has 2 rings (SSSR count). The Labute approximate surface area is 109 Å². The number of hydrogen-bond acceptors (Lipinski definition) is 3. The molecule has 0 N–H and O–H groups in total. The second-order valence-corrected chi connectivity index (χ2v) is 6.32. The Morgan fingerprint density at radius 2 is 1.89 bits per heavy atom. The highest BCUT2D eigenvalue weighted by molar-refractivity contribution is 5.66. The van der Waals surface area contributed by atoms with Crippen LogP contribution in [0.3, 0.4) is 0 Å². The number of rotatable bonds is 5. The molecule has 0 fully saturated rings. The van der Waals surface area contributed by atoms with Gasteiger partial charge in [0.25, 0.3) is 0 Å². The molecule has 0 saturated carbocycles. The molecule has 1 aromatic heterocycles. The smallest absolute Gasteiger partial charge is 0.180 e. The van der Waals surface area contributed by atoms with Gasteiger partial charge in [0.2, 0.25) is 0 Å². The molecule has 1 aromatic rings. The number of oxazole rings is 1. The number of hydrogen-bond donors (Lipinski definition) is 0. The van der Waals surface area contributed by atoms with Crippen LogP contribution in [-0.4, -0.2) is 11.2 Å². The molecule has 18 heavy (non-hydrogen) atoms. The van der Waals surface area contributed by atoms with E-state index in [4.69, 9.17) is 4.42 Å². The summed E-state index contributed by atoms with van der Waals surface area (Å²) >= 11 is 0. The third kappa shape index (κ3) is 2.71. The molecule has 0 aromatic carbocycles. The van der Waals surface area contributed by atoms with Gasteiger partial charge in [-0.3, -0.25) is 4.99 Å². The van der Waals surface area contributed by atoms with E-state index in [9.17, 15) is 0 Å². The molecule has 3 heteroatoms. The molecule has 0 saturated heterocycles.